The zero-order chi connectivity index (χ0) is 15.5. The topological polar surface area (TPSA) is 118 Å². The van der Waals surface area contributed by atoms with Crippen LogP contribution in [0.15, 0.2) is 33.5 Å². The molecule has 1 aliphatic rings. The SMILES string of the molecule is COC1CC(N=S(=O)(O)c2ccc(N)cc2)NC(OC)N1. The Kier molecular flexibility index (Phi) is 5.14. The molecular weight excluding hydrogens is 296 g/mol. The van der Waals surface area contributed by atoms with Crippen LogP contribution in [0.3, 0.4) is 0 Å². The molecule has 1 heterocycles. The molecule has 0 spiro atoms. The Balaban J connectivity index is 2.23. The predicted molar refractivity (Wildman–Crippen MR) is 78.6 cm³/mol. The van der Waals surface area contributed by atoms with Gasteiger partial charge in [0.15, 0.2) is 16.4 Å². The van der Waals surface area contributed by atoms with Crippen LogP contribution in [0.2, 0.25) is 0 Å². The summed E-state index contributed by atoms with van der Waals surface area (Å²) in [6.07, 6.45) is -0.982. The molecule has 0 aromatic heterocycles. The molecule has 1 aliphatic heterocycles. The van der Waals surface area contributed by atoms with Crippen LogP contribution in [-0.2, 0) is 19.5 Å². The van der Waals surface area contributed by atoms with Crippen LogP contribution >= 0.6 is 0 Å². The van der Waals surface area contributed by atoms with Crippen molar-refractivity contribution in [1.29, 1.82) is 0 Å². The van der Waals surface area contributed by atoms with Gasteiger partial charge in [-0.15, -0.1) is 0 Å². The maximum absolute atomic E-state index is 12.4. The average molecular weight is 316 g/mol. The fraction of sp³-hybridized carbons (Fsp3) is 0.500. The number of hydrogen-bond donors (Lipinski definition) is 4. The highest BCUT2D eigenvalue weighted by Gasteiger charge is 2.28. The largest absolute Gasteiger partial charge is 0.399 e. The van der Waals surface area contributed by atoms with Crippen LogP contribution in [0.25, 0.3) is 0 Å². The zero-order valence-electron chi connectivity index (χ0n) is 11.9. The summed E-state index contributed by atoms with van der Waals surface area (Å²) in [4.78, 5) is 0.208. The lowest BCUT2D eigenvalue weighted by atomic mass is 10.2. The normalized spacial score (nSPS) is 28.8. The third-order valence-electron chi connectivity index (χ3n) is 3.10. The lowest BCUT2D eigenvalue weighted by Gasteiger charge is -2.33. The van der Waals surface area contributed by atoms with E-state index in [2.05, 4.69) is 15.0 Å². The second-order valence-corrected chi connectivity index (χ2v) is 6.27. The highest BCUT2D eigenvalue weighted by atomic mass is 32.2. The van der Waals surface area contributed by atoms with E-state index in [4.69, 9.17) is 15.2 Å². The van der Waals surface area contributed by atoms with Gasteiger partial charge in [0.25, 0.3) is 0 Å². The van der Waals surface area contributed by atoms with Crippen LogP contribution in [0.5, 0.6) is 0 Å². The van der Waals surface area contributed by atoms with Crippen LogP contribution in [0, 0.1) is 0 Å². The molecule has 118 valence electrons. The summed E-state index contributed by atoms with van der Waals surface area (Å²) in [5, 5.41) is 5.97. The van der Waals surface area contributed by atoms with Crippen molar-refractivity contribution in [1.82, 2.24) is 10.6 Å². The number of rotatable bonds is 4. The highest BCUT2D eigenvalue weighted by Crippen LogP contribution is 2.17. The third kappa shape index (κ3) is 4.13. The molecule has 0 bridgehead atoms. The predicted octanol–water partition coefficient (Wildman–Crippen LogP) is 0.380. The molecule has 1 fully saturated rings. The van der Waals surface area contributed by atoms with Crippen molar-refractivity contribution >= 4 is 15.7 Å². The fourth-order valence-corrected chi connectivity index (χ4v) is 3.09. The van der Waals surface area contributed by atoms with E-state index in [1.54, 1.807) is 19.2 Å². The van der Waals surface area contributed by atoms with Gasteiger partial charge in [-0.3, -0.25) is 15.2 Å². The Morgan fingerprint density at radius 2 is 1.95 bits per heavy atom. The van der Waals surface area contributed by atoms with Gasteiger partial charge in [-0.2, -0.15) is 4.36 Å². The fourth-order valence-electron chi connectivity index (χ4n) is 1.98. The van der Waals surface area contributed by atoms with Crippen LogP contribution in [0.1, 0.15) is 6.42 Å². The minimum absolute atomic E-state index is 0.208. The standard InChI is InChI=1S/C12H20N4O4S/c1-19-11-7-10(14-12(15-11)20-2)16-21(17,18)9-5-3-8(13)4-6-9/h3-6,10-12,14-15H,7,13H2,1-2H3,(H,16,17,18). The number of anilines is 1. The summed E-state index contributed by atoms with van der Waals surface area (Å²) in [6.45, 7) is 0. The van der Waals surface area contributed by atoms with Gasteiger partial charge in [-0.1, -0.05) is 0 Å². The van der Waals surface area contributed by atoms with Crippen molar-refractivity contribution in [2.75, 3.05) is 20.0 Å². The molecule has 0 aliphatic carbocycles. The Bertz CT molecular complexity index is 573. The molecule has 0 amide bonds. The van der Waals surface area contributed by atoms with Crippen LogP contribution in [-0.4, -0.2) is 41.7 Å². The Morgan fingerprint density at radius 1 is 1.29 bits per heavy atom. The number of nitrogens with zero attached hydrogens (tertiary/aromatic N) is 1. The summed E-state index contributed by atoms with van der Waals surface area (Å²) in [5.41, 5.74) is 6.09. The van der Waals surface area contributed by atoms with Crippen molar-refractivity contribution in [2.24, 2.45) is 4.36 Å². The second kappa shape index (κ2) is 6.69. The van der Waals surface area contributed by atoms with Crippen molar-refractivity contribution < 1.29 is 18.2 Å². The third-order valence-corrected chi connectivity index (χ3v) is 4.52. The minimum atomic E-state index is -3.52. The van der Waals surface area contributed by atoms with Gasteiger partial charge >= 0.3 is 0 Å². The van der Waals surface area contributed by atoms with Gasteiger partial charge in [0.2, 0.25) is 0 Å². The first-order valence-electron chi connectivity index (χ1n) is 6.36. The van der Waals surface area contributed by atoms with Crippen LogP contribution in [0.4, 0.5) is 5.69 Å². The molecule has 8 nitrogen and oxygen atoms in total. The summed E-state index contributed by atoms with van der Waals surface area (Å²) in [7, 11) is -0.467. The van der Waals surface area contributed by atoms with Crippen molar-refractivity contribution in [3.63, 3.8) is 0 Å². The molecule has 4 unspecified atom stereocenters. The second-order valence-electron chi connectivity index (χ2n) is 4.60. The number of nitrogens with two attached hydrogens (primary N) is 1. The molecule has 21 heavy (non-hydrogen) atoms. The number of hydrogen-bond acceptors (Lipinski definition) is 7. The van der Waals surface area contributed by atoms with Gasteiger partial charge in [0.05, 0.1) is 4.90 Å². The first-order valence-corrected chi connectivity index (χ1v) is 7.84. The van der Waals surface area contributed by atoms with Gasteiger partial charge in [-0.25, -0.2) is 4.21 Å². The Labute approximate surface area is 124 Å². The summed E-state index contributed by atoms with van der Waals surface area (Å²) < 4.78 is 36.8. The van der Waals surface area contributed by atoms with E-state index in [9.17, 15) is 8.76 Å². The monoisotopic (exact) mass is 316 g/mol. The molecule has 1 saturated heterocycles. The lowest BCUT2D eigenvalue weighted by molar-refractivity contribution is -0.0642. The molecule has 1 aromatic carbocycles. The molecule has 0 saturated carbocycles. The van der Waals surface area contributed by atoms with E-state index < -0.39 is 22.5 Å². The quantitative estimate of drug-likeness (QED) is 0.593. The Morgan fingerprint density at radius 3 is 2.52 bits per heavy atom. The molecule has 5 N–H and O–H groups in total. The van der Waals surface area contributed by atoms with E-state index in [0.29, 0.717) is 12.1 Å². The lowest BCUT2D eigenvalue weighted by Crippen LogP contribution is -2.59. The maximum atomic E-state index is 12.4. The molecule has 9 heteroatoms. The molecule has 4 atom stereocenters. The minimum Gasteiger partial charge on any atom is -0.399 e. The smallest absolute Gasteiger partial charge is 0.192 e. The summed E-state index contributed by atoms with van der Waals surface area (Å²) >= 11 is 0. The number of methoxy groups -OCH3 is 2. The average Bonchev–Trinajstić information content (AvgIpc) is 2.46. The first kappa shape index (κ1) is 16.1. The van der Waals surface area contributed by atoms with E-state index in [1.807, 2.05) is 0 Å². The molecule has 1 aromatic rings. The van der Waals surface area contributed by atoms with Gasteiger partial charge in [0.1, 0.15) is 12.4 Å². The highest BCUT2D eigenvalue weighted by molar-refractivity contribution is 7.88. The first-order chi connectivity index (χ1) is 9.94. The number of nitrogen functional groups attached to an aromatic ring is 1. The Hall–Kier alpha value is -1.23. The zero-order valence-corrected chi connectivity index (χ0v) is 12.7. The number of benzene rings is 1. The van der Waals surface area contributed by atoms with E-state index in [0.717, 1.165) is 0 Å². The molecular formula is C12H20N4O4S. The number of nitrogens with one attached hydrogen (secondary N) is 2. The van der Waals surface area contributed by atoms with E-state index in [1.165, 1.54) is 19.2 Å². The van der Waals surface area contributed by atoms with Crippen molar-refractivity contribution in [3.05, 3.63) is 24.3 Å². The number of ether oxygens (including phenoxy) is 2. The maximum Gasteiger partial charge on any atom is 0.192 e. The van der Waals surface area contributed by atoms with E-state index >= 15 is 0 Å². The van der Waals surface area contributed by atoms with Gasteiger partial charge in [-0.05, 0) is 24.3 Å². The van der Waals surface area contributed by atoms with Crippen molar-refractivity contribution in [2.45, 2.75) is 30.1 Å². The van der Waals surface area contributed by atoms with Gasteiger partial charge < -0.3 is 15.2 Å². The van der Waals surface area contributed by atoms with Crippen molar-refractivity contribution in [3.8, 4) is 0 Å². The van der Waals surface area contributed by atoms with Crippen LogP contribution < -0.4 is 16.4 Å². The molecule has 2 rings (SSSR count). The molecule has 0 radical (unpaired) electrons. The summed E-state index contributed by atoms with van der Waals surface area (Å²) in [6, 6.07) is 6.10. The summed E-state index contributed by atoms with van der Waals surface area (Å²) in [5.74, 6) is 0. The van der Waals surface area contributed by atoms with Gasteiger partial charge in [0, 0.05) is 26.3 Å². The van der Waals surface area contributed by atoms with E-state index in [-0.39, 0.29) is 11.1 Å².